The Hall–Kier alpha value is -3.32. The van der Waals surface area contributed by atoms with E-state index in [9.17, 15) is 22.4 Å². The van der Waals surface area contributed by atoms with Crippen LogP contribution in [-0.2, 0) is 32.5 Å². The van der Waals surface area contributed by atoms with Crippen LogP contribution in [0.2, 0.25) is 0 Å². The highest BCUT2D eigenvalue weighted by molar-refractivity contribution is 8.31. The third-order valence-corrected chi connectivity index (χ3v) is 11.7. The SMILES string of the molecule is CCCCCCc1ccc2cc(S(=O)(=O)C(=[N+]=[N-])S(=O)(=O)c3ccc4cc(CCCCCC)ccc4c3)ccc2c1. The number of benzene rings is 4. The van der Waals surface area contributed by atoms with Crippen LogP contribution in [0, 0.1) is 0 Å². The highest BCUT2D eigenvalue weighted by atomic mass is 32.3. The molecule has 4 aromatic carbocycles. The molecule has 0 bridgehead atoms. The average Bonchev–Trinajstić information content (AvgIpc) is 2.97. The van der Waals surface area contributed by atoms with Gasteiger partial charge in [0.1, 0.15) is 0 Å². The predicted octanol–water partition coefficient (Wildman–Crippen LogP) is 8.07. The molecule has 4 rings (SSSR count). The molecule has 0 spiro atoms. The van der Waals surface area contributed by atoms with Gasteiger partial charge in [-0.1, -0.05) is 101 Å². The van der Waals surface area contributed by atoms with Crippen LogP contribution >= 0.6 is 0 Å². The van der Waals surface area contributed by atoms with Crippen molar-refractivity contribution < 1.29 is 21.6 Å². The molecule has 0 aliphatic carbocycles. The number of rotatable bonds is 12. The summed E-state index contributed by atoms with van der Waals surface area (Å²) < 4.78 is 52.6. The Morgan fingerprint density at radius 2 is 0.951 bits per heavy atom. The van der Waals surface area contributed by atoms with E-state index in [1.807, 2.05) is 36.4 Å². The van der Waals surface area contributed by atoms with Crippen LogP contribution in [0.1, 0.15) is 76.3 Å². The van der Waals surface area contributed by atoms with Crippen molar-refractivity contribution in [3.05, 3.63) is 89.5 Å². The van der Waals surface area contributed by atoms with E-state index in [-0.39, 0.29) is 9.79 Å². The van der Waals surface area contributed by atoms with Gasteiger partial charge in [-0.2, -0.15) is 0 Å². The molecule has 0 unspecified atom stereocenters. The normalized spacial score (nSPS) is 12.0. The molecule has 8 heteroatoms. The molecule has 0 saturated carbocycles. The van der Waals surface area contributed by atoms with E-state index in [1.165, 1.54) is 73.9 Å². The monoisotopic (exact) mass is 590 g/mol. The fraction of sp³-hybridized carbons (Fsp3) is 0.364. The molecule has 6 nitrogen and oxygen atoms in total. The van der Waals surface area contributed by atoms with Crippen LogP contribution < -0.4 is 0 Å². The van der Waals surface area contributed by atoms with Crippen molar-refractivity contribution in [2.45, 2.75) is 87.8 Å². The summed E-state index contributed by atoms with van der Waals surface area (Å²) in [7, 11) is -9.28. The Morgan fingerprint density at radius 1 is 0.561 bits per heavy atom. The summed E-state index contributed by atoms with van der Waals surface area (Å²) in [6.07, 6.45) is 11.2. The van der Waals surface area contributed by atoms with Gasteiger partial charge in [0.2, 0.25) is 0 Å². The minimum Gasteiger partial charge on any atom is -0.359 e. The lowest BCUT2D eigenvalue weighted by Gasteiger charge is -2.08. The number of aryl methyl sites for hydroxylation is 2. The zero-order valence-electron chi connectivity index (χ0n) is 23.8. The Kier molecular flexibility index (Phi) is 10.1. The summed E-state index contributed by atoms with van der Waals surface area (Å²) in [6.45, 7) is 4.35. The maximum atomic E-state index is 13.5. The number of unbranched alkanes of at least 4 members (excludes halogenated alkanes) is 6. The predicted molar refractivity (Wildman–Crippen MR) is 167 cm³/mol. The molecular weight excluding hydrogens is 553 g/mol. The average molecular weight is 591 g/mol. The lowest BCUT2D eigenvalue weighted by Crippen LogP contribution is -2.26. The van der Waals surface area contributed by atoms with E-state index in [2.05, 4.69) is 18.6 Å². The van der Waals surface area contributed by atoms with Gasteiger partial charge >= 0.3 is 4.38 Å². The Bertz CT molecular complexity index is 1680. The first-order valence-electron chi connectivity index (χ1n) is 14.5. The van der Waals surface area contributed by atoms with Crippen molar-refractivity contribution in [3.8, 4) is 0 Å². The van der Waals surface area contributed by atoms with Crippen LogP contribution in [0.25, 0.3) is 27.1 Å². The summed E-state index contributed by atoms with van der Waals surface area (Å²) in [5, 5.41) is 3.05. The van der Waals surface area contributed by atoms with E-state index in [1.54, 1.807) is 12.1 Å². The minimum atomic E-state index is -4.64. The molecule has 0 atom stereocenters. The van der Waals surface area contributed by atoms with Gasteiger partial charge in [0.05, 0.1) is 9.79 Å². The lowest BCUT2D eigenvalue weighted by atomic mass is 10.0. The summed E-state index contributed by atoms with van der Waals surface area (Å²) in [5.74, 6) is 0. The molecule has 0 radical (unpaired) electrons. The van der Waals surface area contributed by atoms with Crippen LogP contribution in [0.3, 0.4) is 0 Å². The molecule has 0 N–H and O–H groups in total. The number of fused-ring (bicyclic) bond motifs is 2. The smallest absolute Gasteiger partial charge is 0.359 e. The molecular formula is C33H38N2O4S2. The summed E-state index contributed by atoms with van der Waals surface area (Å²) >= 11 is 0. The molecule has 4 aromatic rings. The summed E-state index contributed by atoms with van der Waals surface area (Å²) in [4.78, 5) is 2.32. The molecule has 0 amide bonds. The molecule has 0 saturated heterocycles. The standard InChI is InChI=1S/C33H38N2O4S2/c1-3-5-7-9-11-25-13-15-29-23-31(19-17-27(29)21-25)40(36,37)33(35-34)41(38,39)32-20-18-28-22-26(12-10-8-6-4-2)14-16-30(28)24-32/h13-24H,3-12H2,1-2H3. The number of hydrogen-bond acceptors (Lipinski definition) is 4. The quantitative estimate of drug-likeness (QED) is 0.0547. The van der Waals surface area contributed by atoms with Crippen LogP contribution in [0.5, 0.6) is 0 Å². The molecule has 41 heavy (non-hydrogen) atoms. The number of nitrogens with zero attached hydrogens (tertiary/aromatic N) is 2. The first-order chi connectivity index (χ1) is 19.7. The van der Waals surface area contributed by atoms with E-state index in [0.29, 0.717) is 10.8 Å². The fourth-order valence-corrected chi connectivity index (χ4v) is 8.57. The largest absolute Gasteiger partial charge is 0.504 e. The number of sulfone groups is 2. The van der Waals surface area contributed by atoms with Crippen molar-refractivity contribution in [3.63, 3.8) is 0 Å². The third kappa shape index (κ3) is 7.13. The van der Waals surface area contributed by atoms with E-state index in [0.717, 1.165) is 36.5 Å². The van der Waals surface area contributed by atoms with E-state index in [4.69, 9.17) is 0 Å². The third-order valence-electron chi connectivity index (χ3n) is 7.55. The summed E-state index contributed by atoms with van der Waals surface area (Å²) in [5.41, 5.74) is 12.0. The molecule has 0 aromatic heterocycles. The van der Waals surface area contributed by atoms with Gasteiger partial charge in [0.15, 0.2) is 0 Å². The fourth-order valence-electron chi connectivity index (χ4n) is 5.16. The maximum absolute atomic E-state index is 13.5. The number of hydrogen-bond donors (Lipinski definition) is 0. The van der Waals surface area contributed by atoms with Crippen molar-refractivity contribution in [1.29, 1.82) is 0 Å². The highest BCUT2D eigenvalue weighted by Crippen LogP contribution is 2.27. The Labute approximate surface area is 243 Å². The topological polar surface area (TPSA) is 105 Å². The van der Waals surface area contributed by atoms with Crippen molar-refractivity contribution >= 4 is 45.6 Å². The van der Waals surface area contributed by atoms with Gasteiger partial charge in [-0.3, -0.25) is 0 Å². The Balaban J connectivity index is 1.59. The van der Waals surface area contributed by atoms with Gasteiger partial charge in [-0.25, -0.2) is 16.8 Å². The molecule has 0 aliphatic heterocycles. The van der Waals surface area contributed by atoms with E-state index < -0.39 is 24.1 Å². The first kappa shape index (κ1) is 30.6. The molecule has 0 aliphatic rings. The highest BCUT2D eigenvalue weighted by Gasteiger charge is 2.44. The van der Waals surface area contributed by atoms with Crippen molar-refractivity contribution in [2.24, 2.45) is 0 Å². The second-order valence-corrected chi connectivity index (χ2v) is 14.7. The molecule has 0 heterocycles. The van der Waals surface area contributed by atoms with E-state index >= 15 is 0 Å². The Morgan fingerprint density at radius 3 is 1.34 bits per heavy atom. The zero-order valence-corrected chi connectivity index (χ0v) is 25.5. The van der Waals surface area contributed by atoms with Gasteiger partial charge in [0.25, 0.3) is 19.7 Å². The van der Waals surface area contributed by atoms with Crippen LogP contribution in [-0.4, -0.2) is 26.0 Å². The second-order valence-electron chi connectivity index (χ2n) is 10.7. The molecule has 0 fully saturated rings. The second kappa shape index (κ2) is 13.6. The van der Waals surface area contributed by atoms with Gasteiger partial charge in [-0.15, -0.1) is 4.79 Å². The van der Waals surface area contributed by atoms with Crippen molar-refractivity contribution in [1.82, 2.24) is 0 Å². The lowest BCUT2D eigenvalue weighted by molar-refractivity contribution is 0.00380. The molecule has 216 valence electrons. The van der Waals surface area contributed by atoms with Gasteiger partial charge < -0.3 is 5.53 Å². The first-order valence-corrected chi connectivity index (χ1v) is 17.4. The van der Waals surface area contributed by atoms with Crippen LogP contribution in [0.4, 0.5) is 0 Å². The van der Waals surface area contributed by atoms with Gasteiger partial charge in [0, 0.05) is 0 Å². The zero-order chi connectivity index (χ0) is 29.5. The van der Waals surface area contributed by atoms with Gasteiger partial charge in [-0.05, 0) is 82.6 Å². The van der Waals surface area contributed by atoms with Crippen LogP contribution in [0.15, 0.2) is 82.6 Å². The van der Waals surface area contributed by atoms with Crippen molar-refractivity contribution in [2.75, 3.05) is 0 Å². The minimum absolute atomic E-state index is 0.245. The summed E-state index contributed by atoms with van der Waals surface area (Å²) in [6, 6.07) is 20.6. The maximum Gasteiger partial charge on any atom is 0.504 e.